The average Bonchev–Trinajstić information content (AvgIpc) is 3.25. The molecular weight excluding hydrogens is 389 g/mol. The monoisotopic (exact) mass is 407 g/mol. The van der Waals surface area contributed by atoms with Gasteiger partial charge >= 0.3 is 5.97 Å². The number of carbonyl (C=O) groups is 2. The molecular formula is C22H18FN3O4. The van der Waals surface area contributed by atoms with E-state index >= 15 is 0 Å². The van der Waals surface area contributed by atoms with Crippen molar-refractivity contribution in [2.24, 2.45) is 0 Å². The molecule has 30 heavy (non-hydrogen) atoms. The number of likely N-dealkylation sites (tertiary alicyclic amines) is 1. The fourth-order valence-electron chi connectivity index (χ4n) is 3.40. The molecule has 1 atom stereocenters. The van der Waals surface area contributed by atoms with Crippen LogP contribution < -0.4 is 0 Å². The molecule has 1 unspecified atom stereocenters. The van der Waals surface area contributed by atoms with Gasteiger partial charge in [0.2, 0.25) is 5.60 Å². The molecule has 4 rings (SSSR count). The third-order valence-electron chi connectivity index (χ3n) is 5.03. The summed E-state index contributed by atoms with van der Waals surface area (Å²) in [6.45, 7) is 0.441. The van der Waals surface area contributed by atoms with Crippen LogP contribution in [0.25, 0.3) is 16.6 Å². The first kappa shape index (κ1) is 19.6. The maximum absolute atomic E-state index is 13.7. The SMILES string of the molecule is COC(=O)c1nn(-c2cccc(C#CC3(O)CCN(C)C3=O)c2)c2ccc(F)cc12. The molecule has 0 bridgehead atoms. The minimum absolute atomic E-state index is 0.00242. The number of nitrogens with zero attached hydrogens (tertiary/aromatic N) is 3. The third kappa shape index (κ3) is 3.29. The summed E-state index contributed by atoms with van der Waals surface area (Å²) < 4.78 is 20.0. The molecule has 0 radical (unpaired) electrons. The van der Waals surface area contributed by atoms with Gasteiger partial charge in [-0.2, -0.15) is 5.10 Å². The van der Waals surface area contributed by atoms with Crippen molar-refractivity contribution in [1.29, 1.82) is 0 Å². The zero-order chi connectivity index (χ0) is 21.5. The fourth-order valence-corrected chi connectivity index (χ4v) is 3.40. The number of likely N-dealkylation sites (N-methyl/N-ethyl adjacent to an activating group) is 1. The Kier molecular flexibility index (Phi) is 4.76. The highest BCUT2D eigenvalue weighted by atomic mass is 19.1. The van der Waals surface area contributed by atoms with Crippen molar-refractivity contribution >= 4 is 22.8 Å². The van der Waals surface area contributed by atoms with E-state index in [0.717, 1.165) is 0 Å². The number of benzene rings is 2. The van der Waals surface area contributed by atoms with E-state index in [1.807, 2.05) is 0 Å². The Morgan fingerprint density at radius 1 is 1.30 bits per heavy atom. The van der Waals surface area contributed by atoms with Crippen LogP contribution in [-0.4, -0.2) is 58.0 Å². The van der Waals surface area contributed by atoms with Gasteiger partial charge in [-0.05, 0) is 36.4 Å². The van der Waals surface area contributed by atoms with Crippen LogP contribution in [0.15, 0.2) is 42.5 Å². The lowest BCUT2D eigenvalue weighted by atomic mass is 10.0. The number of carbonyl (C=O) groups excluding carboxylic acids is 2. The van der Waals surface area contributed by atoms with Crippen LogP contribution in [0, 0.1) is 17.7 Å². The first-order valence-corrected chi connectivity index (χ1v) is 9.20. The molecule has 152 valence electrons. The van der Waals surface area contributed by atoms with Crippen LogP contribution in [0.4, 0.5) is 4.39 Å². The van der Waals surface area contributed by atoms with E-state index in [-0.39, 0.29) is 12.1 Å². The lowest BCUT2D eigenvalue weighted by Gasteiger charge is -2.13. The van der Waals surface area contributed by atoms with E-state index in [2.05, 4.69) is 16.9 Å². The highest BCUT2D eigenvalue weighted by Crippen LogP contribution is 2.25. The summed E-state index contributed by atoms with van der Waals surface area (Å²) in [7, 11) is 2.85. The van der Waals surface area contributed by atoms with Gasteiger partial charge in [0.15, 0.2) is 5.69 Å². The number of methoxy groups -OCH3 is 1. The molecule has 1 amide bonds. The Morgan fingerprint density at radius 3 is 2.80 bits per heavy atom. The molecule has 7 nitrogen and oxygen atoms in total. The van der Waals surface area contributed by atoms with E-state index in [1.165, 1.54) is 34.9 Å². The number of aliphatic hydroxyl groups is 1. The lowest BCUT2D eigenvalue weighted by Crippen LogP contribution is -2.37. The maximum Gasteiger partial charge on any atom is 0.359 e. The summed E-state index contributed by atoms with van der Waals surface area (Å²) in [5.74, 6) is 3.93. The molecule has 8 heteroatoms. The Morgan fingerprint density at radius 2 is 2.10 bits per heavy atom. The van der Waals surface area contributed by atoms with Gasteiger partial charge in [-0.3, -0.25) is 4.79 Å². The van der Waals surface area contributed by atoms with Crippen molar-refractivity contribution in [3.63, 3.8) is 0 Å². The van der Waals surface area contributed by atoms with Crippen LogP contribution in [-0.2, 0) is 9.53 Å². The number of esters is 1. The topological polar surface area (TPSA) is 84.7 Å². The summed E-state index contributed by atoms with van der Waals surface area (Å²) in [6, 6.07) is 11.0. The highest BCUT2D eigenvalue weighted by Gasteiger charge is 2.42. The summed E-state index contributed by atoms with van der Waals surface area (Å²) >= 11 is 0. The summed E-state index contributed by atoms with van der Waals surface area (Å²) in [5, 5.41) is 15.1. The Labute approximate surface area is 171 Å². The normalized spacial score (nSPS) is 18.4. The third-order valence-corrected chi connectivity index (χ3v) is 5.03. The van der Waals surface area contributed by atoms with Crippen molar-refractivity contribution in [2.75, 3.05) is 20.7 Å². The van der Waals surface area contributed by atoms with Crippen molar-refractivity contribution in [3.8, 4) is 17.5 Å². The van der Waals surface area contributed by atoms with Gasteiger partial charge in [0.1, 0.15) is 5.82 Å². The first-order chi connectivity index (χ1) is 14.3. The van der Waals surface area contributed by atoms with Gasteiger partial charge in [-0.1, -0.05) is 17.9 Å². The Balaban J connectivity index is 1.77. The first-order valence-electron chi connectivity index (χ1n) is 9.20. The van der Waals surface area contributed by atoms with Gasteiger partial charge in [-0.15, -0.1) is 0 Å². The molecule has 0 spiro atoms. The molecule has 1 fully saturated rings. The van der Waals surface area contributed by atoms with Crippen LogP contribution in [0.1, 0.15) is 22.5 Å². The molecule has 2 heterocycles. The number of hydrogen-bond donors (Lipinski definition) is 1. The van der Waals surface area contributed by atoms with Crippen LogP contribution in [0.5, 0.6) is 0 Å². The zero-order valence-corrected chi connectivity index (χ0v) is 16.3. The maximum atomic E-state index is 13.7. The van der Waals surface area contributed by atoms with E-state index in [4.69, 9.17) is 4.74 Å². The molecule has 1 aliphatic heterocycles. The van der Waals surface area contributed by atoms with Gasteiger partial charge in [0.25, 0.3) is 5.91 Å². The number of amides is 1. The number of fused-ring (bicyclic) bond motifs is 1. The number of aromatic nitrogens is 2. The van der Waals surface area contributed by atoms with Crippen molar-refractivity contribution in [2.45, 2.75) is 12.0 Å². The summed E-state index contributed by atoms with van der Waals surface area (Å²) in [4.78, 5) is 25.6. The minimum atomic E-state index is -1.70. The van der Waals surface area contributed by atoms with E-state index in [0.29, 0.717) is 28.7 Å². The van der Waals surface area contributed by atoms with Crippen LogP contribution in [0.3, 0.4) is 0 Å². The van der Waals surface area contributed by atoms with Crippen molar-refractivity contribution in [1.82, 2.24) is 14.7 Å². The van der Waals surface area contributed by atoms with Gasteiger partial charge < -0.3 is 14.7 Å². The lowest BCUT2D eigenvalue weighted by molar-refractivity contribution is -0.137. The average molecular weight is 407 g/mol. The van der Waals surface area contributed by atoms with Gasteiger partial charge in [0.05, 0.1) is 18.3 Å². The smallest absolute Gasteiger partial charge is 0.359 e. The van der Waals surface area contributed by atoms with Gasteiger partial charge in [-0.25, -0.2) is 13.9 Å². The second-order valence-electron chi connectivity index (χ2n) is 7.05. The number of halogens is 1. The molecule has 2 aromatic carbocycles. The van der Waals surface area contributed by atoms with E-state index in [1.54, 1.807) is 31.3 Å². The summed E-state index contributed by atoms with van der Waals surface area (Å²) in [5.41, 5.74) is -0.0479. The zero-order valence-electron chi connectivity index (χ0n) is 16.3. The van der Waals surface area contributed by atoms with Crippen LogP contribution >= 0.6 is 0 Å². The molecule has 0 saturated carbocycles. The predicted octanol–water partition coefficient (Wildman–Crippen LogP) is 1.90. The second-order valence-corrected chi connectivity index (χ2v) is 7.05. The number of ether oxygens (including phenoxy) is 1. The minimum Gasteiger partial charge on any atom is -0.464 e. The van der Waals surface area contributed by atoms with Crippen molar-refractivity contribution < 1.29 is 23.8 Å². The van der Waals surface area contributed by atoms with Crippen LogP contribution in [0.2, 0.25) is 0 Å². The quantitative estimate of drug-likeness (QED) is 0.518. The molecule has 0 aliphatic carbocycles. The van der Waals surface area contributed by atoms with Crippen molar-refractivity contribution in [3.05, 3.63) is 59.5 Å². The molecule has 1 aromatic heterocycles. The predicted molar refractivity (Wildman–Crippen MR) is 106 cm³/mol. The molecule has 3 aromatic rings. The number of rotatable bonds is 2. The standard InChI is InChI=1S/C22H18FN3O4/c1-25-11-10-22(29,21(25)28)9-8-14-4-3-5-16(12-14)26-18-7-6-15(23)13-17(18)19(24-26)20(27)30-2/h3-7,12-13,29H,10-11H2,1-2H3. The summed E-state index contributed by atoms with van der Waals surface area (Å²) in [6.07, 6.45) is 0.243. The Hall–Kier alpha value is -3.70. The largest absolute Gasteiger partial charge is 0.464 e. The molecule has 1 aliphatic rings. The molecule has 1 saturated heterocycles. The highest BCUT2D eigenvalue weighted by molar-refractivity contribution is 6.02. The Bertz CT molecular complexity index is 1240. The number of hydrogen-bond acceptors (Lipinski definition) is 5. The van der Waals surface area contributed by atoms with Gasteiger partial charge in [0, 0.05) is 31.0 Å². The second kappa shape index (κ2) is 7.28. The van der Waals surface area contributed by atoms with E-state index in [9.17, 15) is 19.1 Å². The fraction of sp³-hybridized carbons (Fsp3) is 0.227. The molecule has 1 N–H and O–H groups in total. The van der Waals surface area contributed by atoms with E-state index < -0.39 is 23.3 Å².